The first kappa shape index (κ1) is 17.0. The molecule has 2 rings (SSSR count). The van der Waals surface area contributed by atoms with E-state index in [0.29, 0.717) is 16.9 Å². The molecule has 6 heteroatoms. The molecule has 1 N–H and O–H groups in total. The summed E-state index contributed by atoms with van der Waals surface area (Å²) >= 11 is 0. The van der Waals surface area contributed by atoms with Crippen LogP contribution in [0.1, 0.15) is 17.2 Å². The third-order valence-corrected chi connectivity index (χ3v) is 3.23. The number of hydrogen-bond donors (Lipinski definition) is 1. The van der Waals surface area contributed by atoms with Gasteiger partial charge < -0.3 is 14.8 Å². The number of methoxy groups -OCH3 is 1. The zero-order valence-electron chi connectivity index (χ0n) is 13.1. The van der Waals surface area contributed by atoms with Crippen LogP contribution in [0.4, 0.5) is 0 Å². The van der Waals surface area contributed by atoms with Gasteiger partial charge in [0.15, 0.2) is 12.6 Å². The summed E-state index contributed by atoms with van der Waals surface area (Å²) in [5.74, 6) is -0.565. The van der Waals surface area contributed by atoms with Gasteiger partial charge in [-0.15, -0.1) is 0 Å². The maximum atomic E-state index is 12.0. The number of carbonyl (C=O) groups excluding carboxylic acids is 2. The van der Waals surface area contributed by atoms with E-state index in [-0.39, 0.29) is 6.61 Å². The summed E-state index contributed by atoms with van der Waals surface area (Å²) in [6.45, 7) is -0.258. The van der Waals surface area contributed by atoms with E-state index in [1.165, 1.54) is 7.11 Å². The van der Waals surface area contributed by atoms with Crippen molar-refractivity contribution in [2.75, 3.05) is 13.7 Å². The molecule has 0 saturated heterocycles. The zero-order valence-corrected chi connectivity index (χ0v) is 13.1. The number of ether oxygens (including phenoxy) is 2. The molecule has 0 aromatic heterocycles. The summed E-state index contributed by atoms with van der Waals surface area (Å²) in [6, 6.07) is 16.3. The minimum atomic E-state index is -0.895. The number of benzene rings is 2. The lowest BCUT2D eigenvalue weighted by molar-refractivity contribution is -0.145. The van der Waals surface area contributed by atoms with Crippen LogP contribution in [0, 0.1) is 11.3 Å². The van der Waals surface area contributed by atoms with Gasteiger partial charge in [0.1, 0.15) is 5.75 Å². The molecule has 0 unspecified atom stereocenters. The van der Waals surface area contributed by atoms with Gasteiger partial charge >= 0.3 is 5.97 Å². The molecule has 0 radical (unpaired) electrons. The first-order valence-electron chi connectivity index (χ1n) is 7.19. The van der Waals surface area contributed by atoms with Gasteiger partial charge in [-0.25, -0.2) is 4.79 Å². The number of rotatable bonds is 6. The standard InChI is InChI=1S/C18H16N2O4/c1-23-18(22)17(14-5-3-2-4-6-14)20-16(21)12-24-15-9-7-13(11-19)8-10-15/h2-10,17H,12H2,1H3,(H,20,21)/t17-/m0/s1. The van der Waals surface area contributed by atoms with Crippen LogP contribution in [0.15, 0.2) is 54.6 Å². The van der Waals surface area contributed by atoms with Gasteiger partial charge in [0, 0.05) is 0 Å². The molecule has 122 valence electrons. The molecule has 0 bridgehead atoms. The Morgan fingerprint density at radius 2 is 1.79 bits per heavy atom. The summed E-state index contributed by atoms with van der Waals surface area (Å²) in [7, 11) is 1.26. The molecule has 0 fully saturated rings. The van der Waals surface area contributed by atoms with Crippen molar-refractivity contribution in [1.29, 1.82) is 5.26 Å². The monoisotopic (exact) mass is 324 g/mol. The molecular formula is C18H16N2O4. The fourth-order valence-electron chi connectivity index (χ4n) is 2.02. The topological polar surface area (TPSA) is 88.4 Å². The third kappa shape index (κ3) is 4.58. The minimum absolute atomic E-state index is 0.258. The quantitative estimate of drug-likeness (QED) is 0.821. The molecule has 1 atom stereocenters. The second kappa shape index (κ2) is 8.34. The van der Waals surface area contributed by atoms with E-state index in [2.05, 4.69) is 5.32 Å². The summed E-state index contributed by atoms with van der Waals surface area (Å²) in [5.41, 5.74) is 1.12. The van der Waals surface area contributed by atoms with E-state index in [0.717, 1.165) is 0 Å². The van der Waals surface area contributed by atoms with Crippen LogP contribution in [0.25, 0.3) is 0 Å². The molecule has 0 aliphatic heterocycles. The van der Waals surface area contributed by atoms with Crippen molar-refractivity contribution in [3.63, 3.8) is 0 Å². The Morgan fingerprint density at radius 3 is 2.38 bits per heavy atom. The van der Waals surface area contributed by atoms with Crippen LogP contribution in [0.3, 0.4) is 0 Å². The SMILES string of the molecule is COC(=O)[C@@H](NC(=O)COc1ccc(C#N)cc1)c1ccccc1. The van der Waals surface area contributed by atoms with Crippen LogP contribution >= 0.6 is 0 Å². The van der Waals surface area contributed by atoms with Gasteiger partial charge in [0.25, 0.3) is 5.91 Å². The molecule has 6 nitrogen and oxygen atoms in total. The number of hydrogen-bond acceptors (Lipinski definition) is 5. The smallest absolute Gasteiger partial charge is 0.333 e. The van der Waals surface area contributed by atoms with Crippen LogP contribution in [-0.4, -0.2) is 25.6 Å². The van der Waals surface area contributed by atoms with Gasteiger partial charge in [-0.1, -0.05) is 30.3 Å². The van der Waals surface area contributed by atoms with Crippen LogP contribution in [-0.2, 0) is 14.3 Å². The Labute approximate surface area is 139 Å². The van der Waals surface area contributed by atoms with E-state index in [9.17, 15) is 9.59 Å². The number of amides is 1. The maximum Gasteiger partial charge on any atom is 0.333 e. The number of nitrogens with zero attached hydrogens (tertiary/aromatic N) is 1. The molecule has 0 aliphatic carbocycles. The average molecular weight is 324 g/mol. The lowest BCUT2D eigenvalue weighted by Gasteiger charge is -2.17. The molecule has 2 aromatic rings. The average Bonchev–Trinajstić information content (AvgIpc) is 2.65. The lowest BCUT2D eigenvalue weighted by atomic mass is 10.1. The van der Waals surface area contributed by atoms with E-state index in [1.807, 2.05) is 12.1 Å². The highest BCUT2D eigenvalue weighted by molar-refractivity contribution is 5.86. The molecule has 0 spiro atoms. The highest BCUT2D eigenvalue weighted by Crippen LogP contribution is 2.15. The second-order valence-electron chi connectivity index (χ2n) is 4.86. The van der Waals surface area contributed by atoms with Crippen molar-refractivity contribution < 1.29 is 19.1 Å². The summed E-state index contributed by atoms with van der Waals surface area (Å²) in [5, 5.41) is 11.3. The molecule has 0 saturated carbocycles. The summed E-state index contributed by atoms with van der Waals surface area (Å²) in [4.78, 5) is 23.9. The van der Waals surface area contributed by atoms with Crippen molar-refractivity contribution in [3.05, 3.63) is 65.7 Å². The minimum Gasteiger partial charge on any atom is -0.484 e. The van der Waals surface area contributed by atoms with Gasteiger partial charge in [-0.05, 0) is 29.8 Å². The predicted octanol–water partition coefficient (Wildman–Crippen LogP) is 1.97. The molecular weight excluding hydrogens is 308 g/mol. The van der Waals surface area contributed by atoms with Gasteiger partial charge in [-0.2, -0.15) is 5.26 Å². The highest BCUT2D eigenvalue weighted by atomic mass is 16.5. The van der Waals surface area contributed by atoms with Crippen LogP contribution < -0.4 is 10.1 Å². The molecule has 0 aliphatic rings. The molecule has 2 aromatic carbocycles. The van der Waals surface area contributed by atoms with E-state index in [4.69, 9.17) is 14.7 Å². The Morgan fingerprint density at radius 1 is 1.12 bits per heavy atom. The van der Waals surface area contributed by atoms with Crippen molar-refractivity contribution >= 4 is 11.9 Å². The Hall–Kier alpha value is -3.33. The maximum absolute atomic E-state index is 12.0. The van der Waals surface area contributed by atoms with Crippen LogP contribution in [0.5, 0.6) is 5.75 Å². The van der Waals surface area contributed by atoms with E-state index >= 15 is 0 Å². The Balaban J connectivity index is 1.97. The number of esters is 1. The first-order chi connectivity index (χ1) is 11.6. The normalized spacial score (nSPS) is 11.0. The highest BCUT2D eigenvalue weighted by Gasteiger charge is 2.23. The number of nitrogens with one attached hydrogen (secondary N) is 1. The predicted molar refractivity (Wildman–Crippen MR) is 86.0 cm³/mol. The van der Waals surface area contributed by atoms with Crippen LogP contribution in [0.2, 0.25) is 0 Å². The van der Waals surface area contributed by atoms with Crippen molar-refractivity contribution in [3.8, 4) is 11.8 Å². The Kier molecular flexibility index (Phi) is 5.92. The molecule has 0 heterocycles. The fourth-order valence-corrected chi connectivity index (χ4v) is 2.02. The van der Waals surface area contributed by atoms with Crippen molar-refractivity contribution in [1.82, 2.24) is 5.32 Å². The van der Waals surface area contributed by atoms with Crippen molar-refractivity contribution in [2.45, 2.75) is 6.04 Å². The van der Waals surface area contributed by atoms with Gasteiger partial charge in [-0.3, -0.25) is 4.79 Å². The largest absolute Gasteiger partial charge is 0.484 e. The van der Waals surface area contributed by atoms with E-state index in [1.54, 1.807) is 48.5 Å². The molecule has 24 heavy (non-hydrogen) atoms. The van der Waals surface area contributed by atoms with Gasteiger partial charge in [0.05, 0.1) is 18.7 Å². The van der Waals surface area contributed by atoms with E-state index < -0.39 is 17.9 Å². The van der Waals surface area contributed by atoms with Crippen molar-refractivity contribution in [2.24, 2.45) is 0 Å². The summed E-state index contributed by atoms with van der Waals surface area (Å²) < 4.78 is 10.1. The number of carbonyl (C=O) groups is 2. The second-order valence-corrected chi connectivity index (χ2v) is 4.86. The Bertz CT molecular complexity index is 736. The zero-order chi connectivity index (χ0) is 17.4. The first-order valence-corrected chi connectivity index (χ1v) is 7.19. The lowest BCUT2D eigenvalue weighted by Crippen LogP contribution is -2.37. The van der Waals surface area contributed by atoms with Gasteiger partial charge in [0.2, 0.25) is 0 Å². The fraction of sp³-hybridized carbons (Fsp3) is 0.167. The molecule has 1 amide bonds. The third-order valence-electron chi connectivity index (χ3n) is 3.23. The summed E-state index contributed by atoms with van der Waals surface area (Å²) in [6.07, 6.45) is 0. The number of nitriles is 1.